The van der Waals surface area contributed by atoms with E-state index in [-0.39, 0.29) is 6.04 Å². The second-order valence-corrected chi connectivity index (χ2v) is 6.56. The number of nitrogens with two attached hydrogens (primary N) is 1. The maximum Gasteiger partial charge on any atom is 0.125 e. The quantitative estimate of drug-likeness (QED) is 0.584. The van der Waals surface area contributed by atoms with Crippen LogP contribution in [-0.2, 0) is 6.42 Å². The van der Waals surface area contributed by atoms with E-state index in [9.17, 15) is 0 Å². The molecule has 0 saturated carbocycles. The summed E-state index contributed by atoms with van der Waals surface area (Å²) in [6.07, 6.45) is 0.732. The molecule has 0 aromatic heterocycles. The molecule has 0 heterocycles. The van der Waals surface area contributed by atoms with Crippen LogP contribution in [-0.4, -0.2) is 27.9 Å². The fourth-order valence-electron chi connectivity index (χ4n) is 3.21. The number of hydrogen-bond acceptors (Lipinski definition) is 5. The Kier molecular flexibility index (Phi) is 6.98. The molecular weight excluding hydrogens is 366 g/mol. The fraction of sp³-hybridized carbons (Fsp3) is 0.250. The summed E-state index contributed by atoms with van der Waals surface area (Å²) in [5.41, 5.74) is 9.45. The molecule has 0 radical (unpaired) electrons. The Hall–Kier alpha value is -3.18. The number of ether oxygens (including phenoxy) is 4. The van der Waals surface area contributed by atoms with Crippen molar-refractivity contribution in [3.8, 4) is 23.0 Å². The van der Waals surface area contributed by atoms with Gasteiger partial charge in [-0.2, -0.15) is 0 Å². The van der Waals surface area contributed by atoms with Crippen molar-refractivity contribution in [3.05, 3.63) is 83.4 Å². The van der Waals surface area contributed by atoms with E-state index in [1.807, 2.05) is 66.7 Å². The van der Waals surface area contributed by atoms with E-state index in [1.165, 1.54) is 0 Å². The summed E-state index contributed by atoms with van der Waals surface area (Å²) in [5, 5.41) is 0. The summed E-state index contributed by atoms with van der Waals surface area (Å²) in [6, 6.07) is 21.2. The number of hydrogen-bond donors (Lipinski definition) is 1. The fourth-order valence-corrected chi connectivity index (χ4v) is 3.21. The Labute approximate surface area is 172 Å². The number of para-hydroxylation sites is 1. The monoisotopic (exact) mass is 393 g/mol. The van der Waals surface area contributed by atoms with Crippen LogP contribution in [0.25, 0.3) is 0 Å². The topological polar surface area (TPSA) is 62.9 Å². The van der Waals surface area contributed by atoms with Gasteiger partial charge in [0.25, 0.3) is 0 Å². The first-order chi connectivity index (χ1) is 14.2. The molecule has 29 heavy (non-hydrogen) atoms. The molecule has 5 heteroatoms. The zero-order valence-corrected chi connectivity index (χ0v) is 17.1. The molecule has 1 unspecified atom stereocenters. The van der Waals surface area contributed by atoms with E-state index in [1.54, 1.807) is 21.3 Å². The minimum Gasteiger partial charge on any atom is -0.497 e. The van der Waals surface area contributed by atoms with Crippen LogP contribution >= 0.6 is 0 Å². The van der Waals surface area contributed by atoms with Crippen LogP contribution in [0.3, 0.4) is 0 Å². The van der Waals surface area contributed by atoms with Crippen molar-refractivity contribution in [2.24, 2.45) is 5.73 Å². The second kappa shape index (κ2) is 9.85. The second-order valence-electron chi connectivity index (χ2n) is 6.56. The summed E-state index contributed by atoms with van der Waals surface area (Å²) in [6.45, 7) is 0.542. The molecule has 152 valence electrons. The minimum atomic E-state index is -0.260. The van der Waals surface area contributed by atoms with Crippen LogP contribution in [0.5, 0.6) is 23.0 Å². The molecular formula is C24H27NO4. The highest BCUT2D eigenvalue weighted by molar-refractivity contribution is 5.43. The molecule has 3 aromatic carbocycles. The van der Waals surface area contributed by atoms with Gasteiger partial charge in [0.1, 0.15) is 23.0 Å². The van der Waals surface area contributed by atoms with Crippen LogP contribution in [0.4, 0.5) is 0 Å². The van der Waals surface area contributed by atoms with Gasteiger partial charge in [0.15, 0.2) is 0 Å². The van der Waals surface area contributed by atoms with Gasteiger partial charge in [-0.3, -0.25) is 0 Å². The van der Waals surface area contributed by atoms with Gasteiger partial charge in [0.2, 0.25) is 0 Å². The average molecular weight is 393 g/mol. The molecule has 1 atom stereocenters. The molecule has 0 spiro atoms. The maximum absolute atomic E-state index is 6.43. The van der Waals surface area contributed by atoms with E-state index in [0.29, 0.717) is 6.61 Å². The summed E-state index contributed by atoms with van der Waals surface area (Å²) in [4.78, 5) is 0. The van der Waals surface area contributed by atoms with Gasteiger partial charge in [-0.25, -0.2) is 0 Å². The zero-order valence-electron chi connectivity index (χ0n) is 17.1. The standard InChI is InChI=1S/C24H27NO4/c1-26-20-13-8-17(23(16-20)28-3)14-15-29-19-11-9-18(10-12-19)24(25)21-6-4-5-7-22(21)27-2/h4-13,16,24H,14-15,25H2,1-3H3. The Morgan fingerprint density at radius 1 is 0.759 bits per heavy atom. The minimum absolute atomic E-state index is 0.260. The first-order valence-electron chi connectivity index (χ1n) is 9.48. The van der Waals surface area contributed by atoms with Crippen molar-refractivity contribution in [3.63, 3.8) is 0 Å². The van der Waals surface area contributed by atoms with Crippen molar-refractivity contribution in [2.75, 3.05) is 27.9 Å². The molecule has 0 fully saturated rings. The summed E-state index contributed by atoms with van der Waals surface area (Å²) >= 11 is 0. The maximum atomic E-state index is 6.43. The number of benzene rings is 3. The molecule has 2 N–H and O–H groups in total. The Bertz CT molecular complexity index is 924. The normalized spacial score (nSPS) is 11.6. The van der Waals surface area contributed by atoms with Crippen molar-refractivity contribution in [1.82, 2.24) is 0 Å². The van der Waals surface area contributed by atoms with Gasteiger partial charge in [0.05, 0.1) is 34.0 Å². The van der Waals surface area contributed by atoms with Crippen molar-refractivity contribution >= 4 is 0 Å². The lowest BCUT2D eigenvalue weighted by atomic mass is 9.99. The first kappa shape index (κ1) is 20.6. The van der Waals surface area contributed by atoms with Gasteiger partial charge >= 0.3 is 0 Å². The van der Waals surface area contributed by atoms with Crippen LogP contribution in [0.2, 0.25) is 0 Å². The third-order valence-electron chi connectivity index (χ3n) is 4.85. The van der Waals surface area contributed by atoms with Crippen LogP contribution in [0.1, 0.15) is 22.7 Å². The predicted octanol–water partition coefficient (Wildman–Crippen LogP) is 4.38. The summed E-state index contributed by atoms with van der Waals surface area (Å²) in [7, 11) is 4.95. The highest BCUT2D eigenvalue weighted by Gasteiger charge is 2.13. The lowest BCUT2D eigenvalue weighted by Crippen LogP contribution is -2.13. The highest BCUT2D eigenvalue weighted by Crippen LogP contribution is 2.29. The average Bonchev–Trinajstić information content (AvgIpc) is 2.79. The van der Waals surface area contributed by atoms with Crippen molar-refractivity contribution in [2.45, 2.75) is 12.5 Å². The molecule has 3 rings (SSSR count). The number of methoxy groups -OCH3 is 3. The Balaban J connectivity index is 1.61. The Morgan fingerprint density at radius 2 is 1.45 bits per heavy atom. The molecule has 0 aliphatic carbocycles. The van der Waals surface area contributed by atoms with Crippen molar-refractivity contribution in [1.29, 1.82) is 0 Å². The van der Waals surface area contributed by atoms with Crippen molar-refractivity contribution < 1.29 is 18.9 Å². The van der Waals surface area contributed by atoms with E-state index in [2.05, 4.69) is 0 Å². The highest BCUT2D eigenvalue weighted by atomic mass is 16.5. The van der Waals surface area contributed by atoms with Gasteiger partial charge in [-0.1, -0.05) is 36.4 Å². The van der Waals surface area contributed by atoms with Crippen LogP contribution < -0.4 is 24.7 Å². The van der Waals surface area contributed by atoms with Crippen LogP contribution in [0, 0.1) is 0 Å². The van der Waals surface area contributed by atoms with E-state index in [0.717, 1.165) is 46.1 Å². The number of rotatable bonds is 9. The van der Waals surface area contributed by atoms with Crippen LogP contribution in [0.15, 0.2) is 66.7 Å². The third kappa shape index (κ3) is 5.00. The van der Waals surface area contributed by atoms with E-state index >= 15 is 0 Å². The van der Waals surface area contributed by atoms with Gasteiger partial charge < -0.3 is 24.7 Å². The summed E-state index contributed by atoms with van der Waals surface area (Å²) in [5.74, 6) is 3.15. The molecule has 0 saturated heterocycles. The Morgan fingerprint density at radius 3 is 2.14 bits per heavy atom. The third-order valence-corrected chi connectivity index (χ3v) is 4.85. The lowest BCUT2D eigenvalue weighted by molar-refractivity contribution is 0.318. The zero-order chi connectivity index (χ0) is 20.6. The molecule has 0 aliphatic rings. The molecule has 0 amide bonds. The lowest BCUT2D eigenvalue weighted by Gasteiger charge is -2.16. The van der Waals surface area contributed by atoms with Gasteiger partial charge in [-0.15, -0.1) is 0 Å². The first-order valence-corrected chi connectivity index (χ1v) is 9.48. The molecule has 0 aliphatic heterocycles. The summed E-state index contributed by atoms with van der Waals surface area (Å²) < 4.78 is 22.0. The molecule has 3 aromatic rings. The van der Waals surface area contributed by atoms with Gasteiger partial charge in [0, 0.05) is 18.1 Å². The molecule has 5 nitrogen and oxygen atoms in total. The van der Waals surface area contributed by atoms with Gasteiger partial charge in [-0.05, 0) is 35.4 Å². The largest absolute Gasteiger partial charge is 0.497 e. The molecule has 0 bridgehead atoms. The smallest absolute Gasteiger partial charge is 0.125 e. The van der Waals surface area contributed by atoms with E-state index < -0.39 is 0 Å². The van der Waals surface area contributed by atoms with E-state index in [4.69, 9.17) is 24.7 Å². The predicted molar refractivity (Wildman–Crippen MR) is 114 cm³/mol. The SMILES string of the molecule is COc1ccc(CCOc2ccc(C(N)c3ccccc3OC)cc2)c(OC)c1.